The van der Waals surface area contributed by atoms with Crippen molar-refractivity contribution >= 4 is 12.1 Å². The Balaban J connectivity index is 2.53. The van der Waals surface area contributed by atoms with Crippen LogP contribution in [0.4, 0.5) is 4.79 Å². The molecular weight excluding hydrogens is 320 g/mol. The number of nitrogens with one attached hydrogen (secondary N) is 3. The second kappa shape index (κ2) is 12.8. The van der Waals surface area contributed by atoms with E-state index in [9.17, 15) is 9.90 Å². The Bertz CT molecular complexity index is 394. The lowest BCUT2D eigenvalue weighted by Gasteiger charge is -2.21. The molecular formula is C18H36N4O3. The molecule has 2 unspecified atom stereocenters. The van der Waals surface area contributed by atoms with Gasteiger partial charge in [0.2, 0.25) is 0 Å². The number of carbonyl (C=O) groups is 1. The van der Waals surface area contributed by atoms with Gasteiger partial charge in [0.1, 0.15) is 0 Å². The number of aliphatic hydroxyl groups excluding tert-OH is 1. The summed E-state index contributed by atoms with van der Waals surface area (Å²) in [5.41, 5.74) is 0. The van der Waals surface area contributed by atoms with E-state index in [-0.39, 0.29) is 18.7 Å². The molecule has 146 valence electrons. The number of alkyl carbamates (subject to hydrolysis) is 1. The van der Waals surface area contributed by atoms with Crippen LogP contribution in [-0.4, -0.2) is 56.0 Å². The first-order valence-corrected chi connectivity index (χ1v) is 9.70. The maximum Gasteiger partial charge on any atom is 0.407 e. The minimum absolute atomic E-state index is 0.0618. The maximum absolute atomic E-state index is 11.7. The number of rotatable bonds is 12. The Morgan fingerprint density at radius 2 is 2.00 bits per heavy atom. The fraction of sp³-hybridized carbons (Fsp3) is 0.889. The van der Waals surface area contributed by atoms with Crippen molar-refractivity contribution in [1.82, 2.24) is 16.0 Å². The van der Waals surface area contributed by atoms with Crippen molar-refractivity contribution in [3.63, 3.8) is 0 Å². The Hall–Kier alpha value is -1.50. The topological polar surface area (TPSA) is 95.0 Å². The maximum atomic E-state index is 11.7. The zero-order chi connectivity index (χ0) is 18.5. The van der Waals surface area contributed by atoms with Gasteiger partial charge < -0.3 is 25.8 Å². The zero-order valence-corrected chi connectivity index (χ0v) is 16.0. The summed E-state index contributed by atoms with van der Waals surface area (Å²) in [6.07, 6.45) is 4.87. The van der Waals surface area contributed by atoms with Crippen molar-refractivity contribution in [3.8, 4) is 0 Å². The van der Waals surface area contributed by atoms with E-state index in [1.54, 1.807) is 6.92 Å². The molecule has 1 aliphatic carbocycles. The van der Waals surface area contributed by atoms with E-state index in [4.69, 9.17) is 4.74 Å². The number of guanidine groups is 1. The average Bonchev–Trinajstić information content (AvgIpc) is 3.41. The van der Waals surface area contributed by atoms with Crippen LogP contribution in [0.2, 0.25) is 0 Å². The SMILES string of the molecule is CCCC(CCO)CN=C(NCC)NCC(NC(=O)OCC)C1CC1. The van der Waals surface area contributed by atoms with Crippen LogP contribution < -0.4 is 16.0 Å². The minimum Gasteiger partial charge on any atom is -0.450 e. The van der Waals surface area contributed by atoms with Gasteiger partial charge in [0.15, 0.2) is 5.96 Å². The molecule has 0 radical (unpaired) electrons. The Morgan fingerprint density at radius 1 is 1.24 bits per heavy atom. The van der Waals surface area contributed by atoms with Crippen molar-refractivity contribution in [2.75, 3.05) is 32.8 Å². The van der Waals surface area contributed by atoms with E-state index in [0.29, 0.717) is 31.5 Å². The molecule has 1 rings (SSSR count). The lowest BCUT2D eigenvalue weighted by molar-refractivity contribution is 0.146. The summed E-state index contributed by atoms with van der Waals surface area (Å²) < 4.78 is 4.99. The highest BCUT2D eigenvalue weighted by Gasteiger charge is 2.32. The van der Waals surface area contributed by atoms with Crippen LogP contribution in [0.15, 0.2) is 4.99 Å². The summed E-state index contributed by atoms with van der Waals surface area (Å²) in [5, 5.41) is 18.7. The molecule has 0 bridgehead atoms. The molecule has 1 amide bonds. The number of nitrogens with zero attached hydrogens (tertiary/aromatic N) is 1. The van der Waals surface area contributed by atoms with E-state index in [2.05, 4.69) is 27.9 Å². The first-order valence-electron chi connectivity index (χ1n) is 9.70. The number of aliphatic hydroxyl groups is 1. The van der Waals surface area contributed by atoms with Crippen LogP contribution in [0.25, 0.3) is 0 Å². The quantitative estimate of drug-likeness (QED) is 0.316. The third-order valence-electron chi connectivity index (χ3n) is 4.35. The molecule has 2 atom stereocenters. The highest BCUT2D eigenvalue weighted by atomic mass is 16.5. The molecule has 25 heavy (non-hydrogen) atoms. The van der Waals surface area contributed by atoms with Crippen molar-refractivity contribution in [2.45, 2.75) is 58.9 Å². The van der Waals surface area contributed by atoms with Crippen LogP contribution in [0.1, 0.15) is 52.9 Å². The van der Waals surface area contributed by atoms with Crippen LogP contribution in [0.5, 0.6) is 0 Å². The van der Waals surface area contributed by atoms with E-state index in [0.717, 1.165) is 44.6 Å². The summed E-state index contributed by atoms with van der Waals surface area (Å²) in [4.78, 5) is 16.3. The molecule has 0 spiro atoms. The van der Waals surface area contributed by atoms with Gasteiger partial charge in [-0.05, 0) is 51.4 Å². The van der Waals surface area contributed by atoms with E-state index >= 15 is 0 Å². The van der Waals surface area contributed by atoms with Crippen molar-refractivity contribution in [1.29, 1.82) is 0 Å². The number of hydrogen-bond donors (Lipinski definition) is 4. The van der Waals surface area contributed by atoms with Crippen molar-refractivity contribution in [3.05, 3.63) is 0 Å². The van der Waals surface area contributed by atoms with E-state index < -0.39 is 0 Å². The number of hydrogen-bond acceptors (Lipinski definition) is 4. The van der Waals surface area contributed by atoms with Crippen LogP contribution in [-0.2, 0) is 4.74 Å². The standard InChI is InChI=1S/C18H36N4O3/c1-4-7-14(10-11-23)12-20-17(19-5-2)21-13-16(15-8-9-15)22-18(24)25-6-3/h14-16,23H,4-13H2,1-3H3,(H,22,24)(H2,19,20,21). The number of amides is 1. The van der Waals surface area contributed by atoms with E-state index in [1.807, 2.05) is 6.92 Å². The zero-order valence-electron chi connectivity index (χ0n) is 16.0. The first kappa shape index (κ1) is 21.5. The van der Waals surface area contributed by atoms with Gasteiger partial charge in [-0.3, -0.25) is 4.99 Å². The Labute approximate surface area is 152 Å². The Kier molecular flexibility index (Phi) is 11.0. The molecule has 0 aromatic rings. The van der Waals surface area contributed by atoms with Crippen LogP contribution in [0, 0.1) is 11.8 Å². The fourth-order valence-corrected chi connectivity index (χ4v) is 2.84. The molecule has 0 aromatic heterocycles. The largest absolute Gasteiger partial charge is 0.450 e. The number of ether oxygens (including phenoxy) is 1. The summed E-state index contributed by atoms with van der Waals surface area (Å²) in [5.74, 6) is 1.68. The smallest absolute Gasteiger partial charge is 0.407 e. The minimum atomic E-state index is -0.353. The lowest BCUT2D eigenvalue weighted by atomic mass is 10.0. The predicted molar refractivity (Wildman–Crippen MR) is 101 cm³/mol. The molecule has 7 nitrogen and oxygen atoms in total. The third-order valence-corrected chi connectivity index (χ3v) is 4.35. The molecule has 1 aliphatic rings. The third kappa shape index (κ3) is 9.53. The van der Waals surface area contributed by atoms with Gasteiger partial charge in [-0.25, -0.2) is 4.79 Å². The number of carbonyl (C=O) groups excluding carboxylic acids is 1. The summed E-state index contributed by atoms with van der Waals surface area (Å²) in [7, 11) is 0. The van der Waals surface area contributed by atoms with Gasteiger partial charge in [0, 0.05) is 26.2 Å². The molecule has 7 heteroatoms. The highest BCUT2D eigenvalue weighted by Crippen LogP contribution is 2.32. The molecule has 0 aliphatic heterocycles. The van der Waals surface area contributed by atoms with Gasteiger partial charge in [-0.1, -0.05) is 13.3 Å². The molecule has 0 saturated heterocycles. The number of aliphatic imine (C=N–C) groups is 1. The molecule has 0 aromatic carbocycles. The normalized spacial score (nSPS) is 16.9. The van der Waals surface area contributed by atoms with Gasteiger partial charge in [0.05, 0.1) is 12.6 Å². The van der Waals surface area contributed by atoms with Crippen molar-refractivity contribution in [2.24, 2.45) is 16.8 Å². The molecule has 4 N–H and O–H groups in total. The predicted octanol–water partition coefficient (Wildman–Crippen LogP) is 1.86. The second-order valence-electron chi connectivity index (χ2n) is 6.58. The first-order chi connectivity index (χ1) is 12.1. The van der Waals surface area contributed by atoms with Crippen molar-refractivity contribution < 1.29 is 14.6 Å². The summed E-state index contributed by atoms with van der Waals surface area (Å²) in [6, 6.07) is 0.0618. The Morgan fingerprint density at radius 3 is 2.56 bits per heavy atom. The highest BCUT2D eigenvalue weighted by molar-refractivity contribution is 5.79. The molecule has 0 heterocycles. The van der Waals surface area contributed by atoms with Gasteiger partial charge in [0.25, 0.3) is 0 Å². The monoisotopic (exact) mass is 356 g/mol. The van der Waals surface area contributed by atoms with Crippen LogP contribution >= 0.6 is 0 Å². The van der Waals surface area contributed by atoms with Gasteiger partial charge >= 0.3 is 6.09 Å². The fourth-order valence-electron chi connectivity index (χ4n) is 2.84. The summed E-state index contributed by atoms with van der Waals surface area (Å²) in [6.45, 7) is 8.68. The summed E-state index contributed by atoms with van der Waals surface area (Å²) >= 11 is 0. The van der Waals surface area contributed by atoms with E-state index in [1.165, 1.54) is 0 Å². The van der Waals surface area contributed by atoms with Gasteiger partial charge in [-0.2, -0.15) is 0 Å². The average molecular weight is 357 g/mol. The molecule has 1 fully saturated rings. The lowest BCUT2D eigenvalue weighted by Crippen LogP contribution is -2.48. The van der Waals surface area contributed by atoms with Crippen LogP contribution in [0.3, 0.4) is 0 Å². The molecule has 1 saturated carbocycles. The van der Waals surface area contributed by atoms with Gasteiger partial charge in [-0.15, -0.1) is 0 Å². The second-order valence-corrected chi connectivity index (χ2v) is 6.58.